The van der Waals surface area contributed by atoms with Crippen LogP contribution < -0.4 is 5.32 Å². The number of nitrogens with one attached hydrogen (secondary N) is 1. The van der Waals surface area contributed by atoms with E-state index in [0.29, 0.717) is 12.1 Å². The Kier molecular flexibility index (Phi) is 5.88. The van der Waals surface area contributed by atoms with Gasteiger partial charge in [-0.2, -0.15) is 0 Å². The lowest BCUT2D eigenvalue weighted by Gasteiger charge is -2.09. The number of hydrogen-bond donors (Lipinski definition) is 1. The molecule has 3 rings (SSSR count). The summed E-state index contributed by atoms with van der Waals surface area (Å²) in [5.41, 5.74) is 3.58. The standard InChI is InChI=1S/C16H13BrN2OS3/c17-11-5-13(22-7-11)6-18-16(20)14-3-1-2-4-15(14)23-9-12-8-21-10-19-12/h1-5,7-8,10H,6,9H2,(H,18,20). The maximum Gasteiger partial charge on any atom is 0.252 e. The summed E-state index contributed by atoms with van der Waals surface area (Å²) in [6.07, 6.45) is 0. The zero-order valence-electron chi connectivity index (χ0n) is 12.0. The molecule has 0 fully saturated rings. The molecule has 7 heteroatoms. The number of aromatic nitrogens is 1. The molecule has 118 valence electrons. The quantitative estimate of drug-likeness (QED) is 0.553. The number of carbonyl (C=O) groups excluding carboxylic acids is 1. The summed E-state index contributed by atoms with van der Waals surface area (Å²) in [6, 6.07) is 9.71. The first-order valence-electron chi connectivity index (χ1n) is 6.82. The summed E-state index contributed by atoms with van der Waals surface area (Å²) in [5, 5.41) is 7.03. The number of thioether (sulfide) groups is 1. The third-order valence-corrected chi connectivity index (χ3v) is 6.48. The SMILES string of the molecule is O=C(NCc1cc(Br)cs1)c1ccccc1SCc1cscn1. The van der Waals surface area contributed by atoms with E-state index >= 15 is 0 Å². The molecule has 1 N–H and O–H groups in total. The predicted molar refractivity (Wildman–Crippen MR) is 101 cm³/mol. The summed E-state index contributed by atoms with van der Waals surface area (Å²) in [6.45, 7) is 0.542. The first-order valence-corrected chi connectivity index (χ1v) is 10.4. The van der Waals surface area contributed by atoms with Gasteiger partial charge in [0.15, 0.2) is 0 Å². The molecule has 0 radical (unpaired) electrons. The van der Waals surface area contributed by atoms with Crippen LogP contribution in [0.15, 0.2) is 56.0 Å². The number of halogens is 1. The highest BCUT2D eigenvalue weighted by Gasteiger charge is 2.12. The van der Waals surface area contributed by atoms with Crippen molar-refractivity contribution in [2.45, 2.75) is 17.2 Å². The molecule has 23 heavy (non-hydrogen) atoms. The van der Waals surface area contributed by atoms with Crippen LogP contribution in [-0.2, 0) is 12.3 Å². The topological polar surface area (TPSA) is 42.0 Å². The average Bonchev–Trinajstić information content (AvgIpc) is 3.22. The van der Waals surface area contributed by atoms with Crippen molar-refractivity contribution in [2.75, 3.05) is 0 Å². The normalized spacial score (nSPS) is 10.7. The molecule has 0 aliphatic carbocycles. The summed E-state index contributed by atoms with van der Waals surface area (Å²) in [7, 11) is 0. The summed E-state index contributed by atoms with van der Waals surface area (Å²) in [4.78, 5) is 18.8. The molecule has 0 spiro atoms. The van der Waals surface area contributed by atoms with E-state index in [0.717, 1.165) is 25.7 Å². The number of hydrogen-bond acceptors (Lipinski definition) is 5. The van der Waals surface area contributed by atoms with Gasteiger partial charge in [0.25, 0.3) is 5.91 Å². The van der Waals surface area contributed by atoms with Crippen LogP contribution in [0, 0.1) is 0 Å². The third kappa shape index (κ3) is 4.67. The first kappa shape index (κ1) is 16.7. The molecule has 0 aliphatic heterocycles. The van der Waals surface area contributed by atoms with Crippen LogP contribution in [0.1, 0.15) is 20.9 Å². The van der Waals surface area contributed by atoms with Crippen molar-refractivity contribution < 1.29 is 4.79 Å². The molecule has 0 atom stereocenters. The minimum absolute atomic E-state index is 0.0455. The minimum Gasteiger partial charge on any atom is -0.347 e. The van der Waals surface area contributed by atoms with Crippen molar-refractivity contribution in [3.63, 3.8) is 0 Å². The van der Waals surface area contributed by atoms with Crippen molar-refractivity contribution in [2.24, 2.45) is 0 Å². The number of carbonyl (C=O) groups is 1. The number of thiazole rings is 1. The second-order valence-corrected chi connectivity index (χ2v) is 8.33. The van der Waals surface area contributed by atoms with E-state index in [2.05, 4.69) is 26.2 Å². The van der Waals surface area contributed by atoms with Gasteiger partial charge >= 0.3 is 0 Å². The maximum atomic E-state index is 12.5. The van der Waals surface area contributed by atoms with Gasteiger partial charge < -0.3 is 5.32 Å². The second kappa shape index (κ2) is 8.10. The largest absolute Gasteiger partial charge is 0.347 e. The van der Waals surface area contributed by atoms with Gasteiger partial charge in [0.1, 0.15) is 0 Å². The van der Waals surface area contributed by atoms with Crippen molar-refractivity contribution >= 4 is 56.3 Å². The fourth-order valence-corrected chi connectivity index (χ4v) is 4.96. The lowest BCUT2D eigenvalue weighted by molar-refractivity contribution is 0.0948. The Hall–Kier alpha value is -1.15. The molecule has 1 amide bonds. The van der Waals surface area contributed by atoms with E-state index in [1.54, 1.807) is 34.4 Å². The van der Waals surface area contributed by atoms with Gasteiger partial charge in [-0.25, -0.2) is 4.98 Å². The van der Waals surface area contributed by atoms with Crippen LogP contribution in [0.5, 0.6) is 0 Å². The van der Waals surface area contributed by atoms with Gasteiger partial charge in [0.2, 0.25) is 0 Å². The molecule has 0 saturated carbocycles. The van der Waals surface area contributed by atoms with Crippen LogP contribution >= 0.6 is 50.4 Å². The van der Waals surface area contributed by atoms with E-state index < -0.39 is 0 Å². The van der Waals surface area contributed by atoms with Crippen LogP contribution in [0.25, 0.3) is 0 Å². The molecule has 3 aromatic rings. The predicted octanol–water partition coefficient (Wildman–Crippen LogP) is 5.19. The molecule has 0 saturated heterocycles. The Labute approximate surface area is 155 Å². The first-order chi connectivity index (χ1) is 11.2. The highest BCUT2D eigenvalue weighted by atomic mass is 79.9. The molecular weight excluding hydrogens is 412 g/mol. The van der Waals surface area contributed by atoms with Gasteiger partial charge in [0, 0.05) is 30.8 Å². The Balaban J connectivity index is 1.65. The summed E-state index contributed by atoms with van der Waals surface area (Å²) >= 11 is 8.27. The van der Waals surface area contributed by atoms with Crippen molar-refractivity contribution in [3.05, 3.63) is 67.2 Å². The summed E-state index contributed by atoms with van der Waals surface area (Å²) < 4.78 is 1.05. The van der Waals surface area contributed by atoms with Gasteiger partial charge in [-0.05, 0) is 34.1 Å². The Morgan fingerprint density at radius 2 is 2.17 bits per heavy atom. The highest BCUT2D eigenvalue weighted by molar-refractivity contribution is 9.10. The fraction of sp³-hybridized carbons (Fsp3) is 0.125. The molecule has 0 unspecified atom stereocenters. The number of thiophene rings is 1. The van der Waals surface area contributed by atoms with E-state index in [9.17, 15) is 4.79 Å². The van der Waals surface area contributed by atoms with Crippen molar-refractivity contribution in [1.29, 1.82) is 0 Å². The lowest BCUT2D eigenvalue weighted by atomic mass is 10.2. The Bertz CT molecular complexity index is 786. The average molecular weight is 425 g/mol. The van der Waals surface area contributed by atoms with Crippen molar-refractivity contribution in [3.8, 4) is 0 Å². The van der Waals surface area contributed by atoms with Gasteiger partial charge in [-0.1, -0.05) is 12.1 Å². The summed E-state index contributed by atoms with van der Waals surface area (Å²) in [5.74, 6) is 0.724. The fourth-order valence-electron chi connectivity index (χ4n) is 1.95. The molecule has 0 bridgehead atoms. The van der Waals surface area contributed by atoms with Gasteiger partial charge in [-0.15, -0.1) is 34.4 Å². The molecule has 2 aromatic heterocycles. The third-order valence-electron chi connectivity index (χ3n) is 3.04. The van der Waals surface area contributed by atoms with E-state index in [-0.39, 0.29) is 5.91 Å². The Morgan fingerprint density at radius 1 is 1.30 bits per heavy atom. The second-order valence-electron chi connectivity index (χ2n) is 4.68. The lowest BCUT2D eigenvalue weighted by Crippen LogP contribution is -2.22. The minimum atomic E-state index is -0.0455. The monoisotopic (exact) mass is 424 g/mol. The van der Waals surface area contributed by atoms with Gasteiger partial charge in [0.05, 0.1) is 23.3 Å². The molecule has 2 heterocycles. The van der Waals surface area contributed by atoms with Crippen LogP contribution in [0.3, 0.4) is 0 Å². The Morgan fingerprint density at radius 3 is 2.91 bits per heavy atom. The molecule has 1 aromatic carbocycles. The number of benzene rings is 1. The zero-order chi connectivity index (χ0) is 16.1. The van der Waals surface area contributed by atoms with E-state index in [1.165, 1.54) is 0 Å². The van der Waals surface area contributed by atoms with E-state index in [4.69, 9.17) is 0 Å². The highest BCUT2D eigenvalue weighted by Crippen LogP contribution is 2.26. The van der Waals surface area contributed by atoms with Crippen LogP contribution in [-0.4, -0.2) is 10.9 Å². The molecule has 3 nitrogen and oxygen atoms in total. The number of nitrogens with zero attached hydrogens (tertiary/aromatic N) is 1. The number of rotatable bonds is 6. The smallest absolute Gasteiger partial charge is 0.252 e. The van der Waals surface area contributed by atoms with Crippen molar-refractivity contribution in [1.82, 2.24) is 10.3 Å². The van der Waals surface area contributed by atoms with E-state index in [1.807, 2.05) is 46.6 Å². The molecular formula is C16H13BrN2OS3. The molecule has 0 aliphatic rings. The van der Waals surface area contributed by atoms with Gasteiger partial charge in [-0.3, -0.25) is 4.79 Å². The van der Waals surface area contributed by atoms with Crippen LogP contribution in [0.2, 0.25) is 0 Å². The number of amides is 1. The zero-order valence-corrected chi connectivity index (χ0v) is 16.0. The maximum absolute atomic E-state index is 12.5. The van der Waals surface area contributed by atoms with Crippen LogP contribution in [0.4, 0.5) is 0 Å².